The van der Waals surface area contributed by atoms with Crippen molar-refractivity contribution in [3.05, 3.63) is 28.1 Å². The highest BCUT2D eigenvalue weighted by atomic mass is 32.1. The summed E-state index contributed by atoms with van der Waals surface area (Å²) in [5.74, 6) is 2.32. The molecule has 0 saturated heterocycles. The number of nitrogens with zero attached hydrogens (tertiary/aromatic N) is 2. The summed E-state index contributed by atoms with van der Waals surface area (Å²) in [6, 6.07) is 2.03. The van der Waals surface area contributed by atoms with Gasteiger partial charge in [-0.05, 0) is 30.2 Å². The normalized spacial score (nSPS) is 10.9. The molecule has 0 radical (unpaired) electrons. The molecule has 0 bridgehead atoms. The first-order valence-electron chi connectivity index (χ1n) is 6.19. The maximum atomic E-state index is 4.68. The highest BCUT2D eigenvalue weighted by Crippen LogP contribution is 2.25. The molecule has 0 fully saturated rings. The number of rotatable bonds is 4. The molecule has 0 aliphatic heterocycles. The van der Waals surface area contributed by atoms with Gasteiger partial charge in [0.1, 0.15) is 5.82 Å². The average molecular weight is 261 g/mol. The first-order valence-corrected chi connectivity index (χ1v) is 7.13. The fourth-order valence-electron chi connectivity index (χ4n) is 1.86. The van der Waals surface area contributed by atoms with Gasteiger partial charge >= 0.3 is 0 Å². The van der Waals surface area contributed by atoms with Crippen LogP contribution in [-0.2, 0) is 6.42 Å². The van der Waals surface area contributed by atoms with E-state index < -0.39 is 0 Å². The lowest BCUT2D eigenvalue weighted by molar-refractivity contribution is 0.635. The molecule has 2 heterocycles. The summed E-state index contributed by atoms with van der Waals surface area (Å²) in [4.78, 5) is 9.23. The van der Waals surface area contributed by atoms with Gasteiger partial charge in [0.25, 0.3) is 0 Å². The van der Waals surface area contributed by atoms with Crippen LogP contribution >= 0.6 is 11.3 Å². The second-order valence-electron chi connectivity index (χ2n) is 4.88. The summed E-state index contributed by atoms with van der Waals surface area (Å²) < 4.78 is 0. The van der Waals surface area contributed by atoms with Gasteiger partial charge in [-0.25, -0.2) is 9.97 Å². The van der Waals surface area contributed by atoms with E-state index in [1.165, 1.54) is 5.56 Å². The number of aryl methyl sites for hydroxylation is 1. The minimum Gasteiger partial charge on any atom is -0.373 e. The molecule has 0 unspecified atom stereocenters. The predicted octanol–water partition coefficient (Wildman–Crippen LogP) is 3.75. The van der Waals surface area contributed by atoms with Crippen molar-refractivity contribution in [3.63, 3.8) is 0 Å². The summed E-state index contributed by atoms with van der Waals surface area (Å²) >= 11 is 1.69. The molecular formula is C14H19N3S. The van der Waals surface area contributed by atoms with E-state index in [1.54, 1.807) is 11.3 Å². The zero-order valence-electron chi connectivity index (χ0n) is 11.3. The lowest BCUT2D eigenvalue weighted by atomic mass is 10.1. The number of thiophene rings is 1. The Kier molecular flexibility index (Phi) is 3.97. The van der Waals surface area contributed by atoms with Gasteiger partial charge in [-0.3, -0.25) is 0 Å². The third kappa shape index (κ3) is 2.88. The van der Waals surface area contributed by atoms with E-state index >= 15 is 0 Å². The van der Waals surface area contributed by atoms with Crippen LogP contribution in [0.15, 0.2) is 16.8 Å². The van der Waals surface area contributed by atoms with Crippen molar-refractivity contribution in [1.29, 1.82) is 0 Å². The number of nitrogens with one attached hydrogen (secondary N) is 1. The Bertz CT molecular complexity index is 532. The average Bonchev–Trinajstić information content (AvgIpc) is 2.74. The summed E-state index contributed by atoms with van der Waals surface area (Å²) in [5, 5.41) is 7.36. The van der Waals surface area contributed by atoms with Crippen LogP contribution in [0, 0.1) is 12.8 Å². The third-order valence-electron chi connectivity index (χ3n) is 2.75. The molecule has 0 aliphatic rings. The Hall–Kier alpha value is -1.42. The number of anilines is 1. The van der Waals surface area contributed by atoms with Crippen molar-refractivity contribution in [2.24, 2.45) is 5.92 Å². The molecule has 0 saturated carbocycles. The predicted molar refractivity (Wildman–Crippen MR) is 78.2 cm³/mol. The van der Waals surface area contributed by atoms with E-state index in [2.05, 4.69) is 46.8 Å². The molecule has 96 valence electrons. The highest BCUT2D eigenvalue weighted by molar-refractivity contribution is 7.08. The van der Waals surface area contributed by atoms with Gasteiger partial charge in [0.2, 0.25) is 0 Å². The van der Waals surface area contributed by atoms with E-state index in [0.717, 1.165) is 29.3 Å². The third-order valence-corrected chi connectivity index (χ3v) is 3.61. The molecule has 2 aromatic rings. The van der Waals surface area contributed by atoms with Crippen molar-refractivity contribution >= 4 is 17.2 Å². The maximum absolute atomic E-state index is 4.68. The van der Waals surface area contributed by atoms with Crippen LogP contribution in [0.2, 0.25) is 0 Å². The lowest BCUT2D eigenvalue weighted by Crippen LogP contribution is -2.03. The fraction of sp³-hybridized carbons (Fsp3) is 0.429. The van der Waals surface area contributed by atoms with Crippen LogP contribution < -0.4 is 5.32 Å². The largest absolute Gasteiger partial charge is 0.373 e. The summed E-state index contributed by atoms with van der Waals surface area (Å²) in [7, 11) is 1.89. The standard InChI is InChI=1S/C14H19N3S/c1-9(2)5-11-6-13(15-4)17-14(16-11)12-8-18-7-10(12)3/h6-9H,5H2,1-4H3,(H,15,16,17). The zero-order valence-corrected chi connectivity index (χ0v) is 12.1. The van der Waals surface area contributed by atoms with Gasteiger partial charge in [0.05, 0.1) is 0 Å². The van der Waals surface area contributed by atoms with Crippen molar-refractivity contribution in [3.8, 4) is 11.4 Å². The van der Waals surface area contributed by atoms with Crippen molar-refractivity contribution < 1.29 is 0 Å². The summed E-state index contributed by atoms with van der Waals surface area (Å²) in [6.45, 7) is 6.51. The molecule has 4 heteroatoms. The Labute approximate surface area is 112 Å². The number of hydrogen-bond donors (Lipinski definition) is 1. The molecule has 18 heavy (non-hydrogen) atoms. The van der Waals surface area contributed by atoms with Gasteiger partial charge in [-0.1, -0.05) is 13.8 Å². The zero-order chi connectivity index (χ0) is 13.1. The van der Waals surface area contributed by atoms with Crippen LogP contribution in [0.4, 0.5) is 5.82 Å². The molecule has 0 spiro atoms. The fourth-order valence-corrected chi connectivity index (χ4v) is 2.68. The molecule has 2 rings (SSSR count). The van der Waals surface area contributed by atoms with E-state index in [4.69, 9.17) is 0 Å². The monoisotopic (exact) mass is 261 g/mol. The smallest absolute Gasteiger partial charge is 0.162 e. The van der Waals surface area contributed by atoms with Gasteiger partial charge < -0.3 is 5.32 Å². The molecule has 0 aliphatic carbocycles. The lowest BCUT2D eigenvalue weighted by Gasteiger charge is -2.09. The van der Waals surface area contributed by atoms with Gasteiger partial charge in [0.15, 0.2) is 5.82 Å². The molecule has 1 N–H and O–H groups in total. The Morgan fingerprint density at radius 3 is 2.61 bits per heavy atom. The second-order valence-corrected chi connectivity index (χ2v) is 5.63. The number of aromatic nitrogens is 2. The van der Waals surface area contributed by atoms with Gasteiger partial charge in [-0.2, -0.15) is 11.3 Å². The summed E-state index contributed by atoms with van der Waals surface area (Å²) in [6.07, 6.45) is 0.980. The SMILES string of the molecule is CNc1cc(CC(C)C)nc(-c2cscc2C)n1. The van der Waals surface area contributed by atoms with Gasteiger partial charge in [0, 0.05) is 29.8 Å². The van der Waals surface area contributed by atoms with Crippen molar-refractivity contribution in [2.45, 2.75) is 27.2 Å². The topological polar surface area (TPSA) is 37.8 Å². The molecule has 3 nitrogen and oxygen atoms in total. The van der Waals surface area contributed by atoms with Crippen LogP contribution in [-0.4, -0.2) is 17.0 Å². The van der Waals surface area contributed by atoms with E-state index in [9.17, 15) is 0 Å². The quantitative estimate of drug-likeness (QED) is 0.910. The van der Waals surface area contributed by atoms with Crippen molar-refractivity contribution in [1.82, 2.24) is 9.97 Å². The van der Waals surface area contributed by atoms with Crippen molar-refractivity contribution in [2.75, 3.05) is 12.4 Å². The van der Waals surface area contributed by atoms with E-state index in [1.807, 2.05) is 13.1 Å². The molecule has 0 amide bonds. The van der Waals surface area contributed by atoms with Gasteiger partial charge in [-0.15, -0.1) is 0 Å². The molecule has 2 aromatic heterocycles. The molecule has 0 atom stereocenters. The minimum atomic E-state index is 0.598. The number of hydrogen-bond acceptors (Lipinski definition) is 4. The van der Waals surface area contributed by atoms with Crippen LogP contribution in [0.25, 0.3) is 11.4 Å². The Balaban J connectivity index is 2.44. The second kappa shape index (κ2) is 5.48. The minimum absolute atomic E-state index is 0.598. The first-order chi connectivity index (χ1) is 8.60. The van der Waals surface area contributed by atoms with E-state index in [0.29, 0.717) is 5.92 Å². The Morgan fingerprint density at radius 1 is 1.28 bits per heavy atom. The van der Waals surface area contributed by atoms with Crippen LogP contribution in [0.1, 0.15) is 25.1 Å². The Morgan fingerprint density at radius 2 is 2.06 bits per heavy atom. The summed E-state index contributed by atoms with van der Waals surface area (Å²) in [5.41, 5.74) is 3.48. The highest BCUT2D eigenvalue weighted by Gasteiger charge is 2.10. The van der Waals surface area contributed by atoms with E-state index in [-0.39, 0.29) is 0 Å². The molecule has 0 aromatic carbocycles. The molecular weight excluding hydrogens is 242 g/mol. The van der Waals surface area contributed by atoms with Crippen LogP contribution in [0.3, 0.4) is 0 Å². The maximum Gasteiger partial charge on any atom is 0.162 e. The van der Waals surface area contributed by atoms with Crippen LogP contribution in [0.5, 0.6) is 0 Å². The first kappa shape index (κ1) is 13.0.